The summed E-state index contributed by atoms with van der Waals surface area (Å²) in [5.41, 5.74) is 0. The van der Waals surface area contributed by atoms with Crippen LogP contribution in [0.1, 0.15) is 77.6 Å². The summed E-state index contributed by atoms with van der Waals surface area (Å²) in [5, 5.41) is 9.13. The summed E-state index contributed by atoms with van der Waals surface area (Å²) in [5.74, 6) is 0. The molecule has 19 heavy (non-hydrogen) atoms. The Morgan fingerprint density at radius 2 is 1.05 bits per heavy atom. The van der Waals surface area contributed by atoms with E-state index >= 15 is 0 Å². The van der Waals surface area contributed by atoms with E-state index in [9.17, 15) is 0 Å². The van der Waals surface area contributed by atoms with Crippen molar-refractivity contribution in [2.45, 2.75) is 77.6 Å². The standard InChI is InChI=1S/C16H36NO.HI/c1-4-5-6-7-8-9-10-11-12-13-14-15-17(2,3)16-18;/h18H,4-16H2,1-3H3;1H/q+1;/p-1. The predicted octanol–water partition coefficient (Wildman–Crippen LogP) is 1.33. The largest absolute Gasteiger partial charge is 1.00 e. The molecular weight excluding hydrogens is 349 g/mol. The maximum Gasteiger partial charge on any atom is 0.179 e. The van der Waals surface area contributed by atoms with Gasteiger partial charge < -0.3 is 33.6 Å². The summed E-state index contributed by atoms with van der Waals surface area (Å²) < 4.78 is 0.747. The Bertz CT molecular complexity index is 174. The van der Waals surface area contributed by atoms with E-state index in [2.05, 4.69) is 21.0 Å². The molecule has 0 amide bonds. The van der Waals surface area contributed by atoms with Crippen molar-refractivity contribution in [1.29, 1.82) is 0 Å². The van der Waals surface area contributed by atoms with E-state index in [4.69, 9.17) is 5.11 Å². The maximum absolute atomic E-state index is 9.13. The van der Waals surface area contributed by atoms with E-state index in [1.54, 1.807) is 0 Å². The van der Waals surface area contributed by atoms with Crippen molar-refractivity contribution < 1.29 is 33.6 Å². The molecule has 118 valence electrons. The van der Waals surface area contributed by atoms with Crippen molar-refractivity contribution in [1.82, 2.24) is 0 Å². The molecular formula is C16H36INO. The minimum absolute atomic E-state index is 0. The fraction of sp³-hybridized carbons (Fsp3) is 1.00. The first-order valence-corrected chi connectivity index (χ1v) is 8.05. The lowest BCUT2D eigenvalue weighted by Crippen LogP contribution is -3.00. The number of hydrogen-bond acceptors (Lipinski definition) is 1. The molecule has 1 N–H and O–H groups in total. The van der Waals surface area contributed by atoms with Gasteiger partial charge in [-0.15, -0.1) is 0 Å². The van der Waals surface area contributed by atoms with Crippen molar-refractivity contribution >= 4 is 0 Å². The summed E-state index contributed by atoms with van der Waals surface area (Å²) in [7, 11) is 4.19. The third-order valence-electron chi connectivity index (χ3n) is 3.75. The summed E-state index contributed by atoms with van der Waals surface area (Å²) in [4.78, 5) is 0. The molecule has 0 aliphatic heterocycles. The van der Waals surface area contributed by atoms with Crippen LogP contribution in [0.5, 0.6) is 0 Å². The molecule has 0 saturated heterocycles. The Hall–Kier alpha value is 0.650. The molecule has 0 spiro atoms. The molecule has 0 radical (unpaired) electrons. The minimum Gasteiger partial charge on any atom is -1.00 e. The number of rotatable bonds is 13. The highest BCUT2D eigenvalue weighted by Gasteiger charge is 2.11. The van der Waals surface area contributed by atoms with Gasteiger partial charge in [-0.05, 0) is 12.8 Å². The Labute approximate surface area is 138 Å². The quantitative estimate of drug-likeness (QED) is 0.220. The van der Waals surface area contributed by atoms with Gasteiger partial charge in [0, 0.05) is 0 Å². The molecule has 0 atom stereocenters. The molecule has 0 aromatic heterocycles. The SMILES string of the molecule is CCCCCCCCCCCCC[N+](C)(C)CO.[I-]. The van der Waals surface area contributed by atoms with Crippen molar-refractivity contribution in [2.75, 3.05) is 27.4 Å². The number of nitrogens with zero attached hydrogens (tertiary/aromatic N) is 1. The van der Waals surface area contributed by atoms with Gasteiger partial charge in [-0.3, -0.25) is 0 Å². The van der Waals surface area contributed by atoms with Crippen molar-refractivity contribution in [3.63, 3.8) is 0 Å². The van der Waals surface area contributed by atoms with Gasteiger partial charge in [-0.25, -0.2) is 0 Å². The second kappa shape index (κ2) is 15.0. The molecule has 0 bridgehead atoms. The number of unbranched alkanes of at least 4 members (excludes halogenated alkanes) is 10. The lowest BCUT2D eigenvalue weighted by molar-refractivity contribution is -0.909. The number of aliphatic hydroxyl groups excluding tert-OH is 1. The zero-order valence-electron chi connectivity index (χ0n) is 13.5. The van der Waals surface area contributed by atoms with Gasteiger partial charge in [0.2, 0.25) is 0 Å². The van der Waals surface area contributed by atoms with E-state index in [0.717, 1.165) is 11.0 Å². The van der Waals surface area contributed by atoms with Crippen LogP contribution >= 0.6 is 0 Å². The second-order valence-corrected chi connectivity index (χ2v) is 6.34. The Kier molecular flexibility index (Phi) is 17.4. The van der Waals surface area contributed by atoms with Gasteiger partial charge in [0.15, 0.2) is 6.73 Å². The van der Waals surface area contributed by atoms with Crippen LogP contribution in [0.2, 0.25) is 0 Å². The van der Waals surface area contributed by atoms with E-state index < -0.39 is 0 Å². The second-order valence-electron chi connectivity index (χ2n) is 6.34. The minimum atomic E-state index is 0. The average Bonchev–Trinajstić information content (AvgIpc) is 2.36. The molecule has 0 aromatic rings. The molecule has 0 fully saturated rings. The van der Waals surface area contributed by atoms with Gasteiger partial charge in [-0.1, -0.05) is 64.7 Å². The van der Waals surface area contributed by atoms with Crippen LogP contribution < -0.4 is 24.0 Å². The summed E-state index contributed by atoms with van der Waals surface area (Å²) >= 11 is 0. The smallest absolute Gasteiger partial charge is 0.179 e. The number of aliphatic hydroxyl groups is 1. The average molecular weight is 385 g/mol. The van der Waals surface area contributed by atoms with Gasteiger partial charge in [-0.2, -0.15) is 0 Å². The van der Waals surface area contributed by atoms with Gasteiger partial charge in [0.25, 0.3) is 0 Å². The summed E-state index contributed by atoms with van der Waals surface area (Å²) in [6.07, 6.45) is 15.3. The fourth-order valence-corrected chi connectivity index (χ4v) is 2.27. The van der Waals surface area contributed by atoms with E-state index in [-0.39, 0.29) is 30.7 Å². The first kappa shape index (κ1) is 21.9. The molecule has 0 aromatic carbocycles. The van der Waals surface area contributed by atoms with Crippen molar-refractivity contribution in [3.8, 4) is 0 Å². The lowest BCUT2D eigenvalue weighted by atomic mass is 10.1. The highest BCUT2D eigenvalue weighted by molar-refractivity contribution is 4.47. The Balaban J connectivity index is 0. The monoisotopic (exact) mass is 385 g/mol. The van der Waals surface area contributed by atoms with Crippen molar-refractivity contribution in [2.24, 2.45) is 0 Å². The number of hydrogen-bond donors (Lipinski definition) is 1. The van der Waals surface area contributed by atoms with Gasteiger partial charge in [0.1, 0.15) is 0 Å². The molecule has 0 heterocycles. The Morgan fingerprint density at radius 3 is 1.42 bits per heavy atom. The van der Waals surface area contributed by atoms with E-state index in [0.29, 0.717) is 0 Å². The fourth-order valence-electron chi connectivity index (χ4n) is 2.27. The van der Waals surface area contributed by atoms with Crippen molar-refractivity contribution in [3.05, 3.63) is 0 Å². The van der Waals surface area contributed by atoms with Crippen LogP contribution in [0.4, 0.5) is 0 Å². The molecule has 0 saturated carbocycles. The molecule has 0 rings (SSSR count). The third-order valence-corrected chi connectivity index (χ3v) is 3.75. The normalized spacial score (nSPS) is 11.4. The van der Waals surface area contributed by atoms with E-state index in [1.807, 2.05) is 0 Å². The summed E-state index contributed by atoms with van der Waals surface area (Å²) in [6, 6.07) is 0. The molecule has 0 unspecified atom stereocenters. The molecule has 0 aliphatic rings. The van der Waals surface area contributed by atoms with Gasteiger partial charge >= 0.3 is 0 Å². The first-order valence-electron chi connectivity index (χ1n) is 8.05. The number of quaternary nitrogens is 1. The highest BCUT2D eigenvalue weighted by atomic mass is 127. The number of halogens is 1. The van der Waals surface area contributed by atoms with E-state index in [1.165, 1.54) is 70.6 Å². The zero-order chi connectivity index (χ0) is 13.7. The van der Waals surface area contributed by atoms with Gasteiger partial charge in [0.05, 0.1) is 20.6 Å². The predicted molar refractivity (Wildman–Crippen MR) is 80.5 cm³/mol. The molecule has 0 aliphatic carbocycles. The van der Waals surface area contributed by atoms with Crippen LogP contribution in [0.3, 0.4) is 0 Å². The zero-order valence-corrected chi connectivity index (χ0v) is 15.6. The van der Waals surface area contributed by atoms with Crippen LogP contribution in [0.25, 0.3) is 0 Å². The Morgan fingerprint density at radius 1 is 0.684 bits per heavy atom. The van der Waals surface area contributed by atoms with Crippen LogP contribution in [0, 0.1) is 0 Å². The maximum atomic E-state index is 9.13. The molecule has 2 nitrogen and oxygen atoms in total. The van der Waals surface area contributed by atoms with Crippen LogP contribution in [-0.4, -0.2) is 37.0 Å². The van der Waals surface area contributed by atoms with Crippen LogP contribution in [0.15, 0.2) is 0 Å². The summed E-state index contributed by atoms with van der Waals surface area (Å²) in [6.45, 7) is 3.64. The first-order chi connectivity index (χ1) is 8.62. The lowest BCUT2D eigenvalue weighted by Gasteiger charge is -2.26. The van der Waals surface area contributed by atoms with Crippen LogP contribution in [-0.2, 0) is 0 Å². The molecule has 3 heteroatoms. The highest BCUT2D eigenvalue weighted by Crippen LogP contribution is 2.11. The topological polar surface area (TPSA) is 20.2 Å². The third kappa shape index (κ3) is 16.6.